The van der Waals surface area contributed by atoms with Crippen molar-refractivity contribution in [3.05, 3.63) is 93.2 Å². The first-order chi connectivity index (χ1) is 18.7. The van der Waals surface area contributed by atoms with Crippen LogP contribution in [0.3, 0.4) is 0 Å². The molecule has 0 fully saturated rings. The Labute approximate surface area is 228 Å². The van der Waals surface area contributed by atoms with Crippen molar-refractivity contribution < 1.29 is 22.3 Å². The Balaban J connectivity index is 1.52. The third-order valence-corrected chi connectivity index (χ3v) is 8.10. The molecule has 2 aromatic carbocycles. The summed E-state index contributed by atoms with van der Waals surface area (Å²) in [7, 11) is -1.03. The smallest absolute Gasteiger partial charge is 0.303 e. The fourth-order valence-electron chi connectivity index (χ4n) is 4.49. The van der Waals surface area contributed by atoms with E-state index in [1.54, 1.807) is 30.3 Å². The number of rotatable bonds is 7. The van der Waals surface area contributed by atoms with Crippen molar-refractivity contribution >= 4 is 27.6 Å². The van der Waals surface area contributed by atoms with Crippen LogP contribution < -0.4 is 19.8 Å². The van der Waals surface area contributed by atoms with Crippen LogP contribution in [-0.4, -0.2) is 48.3 Å². The van der Waals surface area contributed by atoms with Gasteiger partial charge in [-0.1, -0.05) is 23.7 Å². The van der Waals surface area contributed by atoms with Crippen molar-refractivity contribution in [2.75, 3.05) is 25.5 Å². The number of hydrogen-bond acceptors (Lipinski definition) is 7. The third-order valence-electron chi connectivity index (χ3n) is 6.35. The van der Waals surface area contributed by atoms with Gasteiger partial charge in [-0.15, -0.1) is 5.10 Å². The maximum Gasteiger partial charge on any atom is 0.303 e. The minimum Gasteiger partial charge on any atom is -0.495 e. The van der Waals surface area contributed by atoms with E-state index in [9.17, 15) is 13.2 Å². The maximum atomic E-state index is 15.5. The molecular weight excluding hydrogens is 549 g/mol. The van der Waals surface area contributed by atoms with Crippen molar-refractivity contribution in [3.63, 3.8) is 0 Å². The Hall–Kier alpha value is -4.00. The molecule has 0 spiro atoms. The van der Waals surface area contributed by atoms with E-state index in [4.69, 9.17) is 21.1 Å². The molecular formula is C26H23ClFN5O5S. The number of fused-ring (bicyclic) bond motifs is 1. The van der Waals surface area contributed by atoms with E-state index >= 15 is 4.39 Å². The molecule has 4 aromatic rings. The molecule has 13 heteroatoms. The maximum absolute atomic E-state index is 15.5. The van der Waals surface area contributed by atoms with Crippen molar-refractivity contribution in [1.29, 1.82) is 0 Å². The van der Waals surface area contributed by atoms with Gasteiger partial charge in [-0.2, -0.15) is 17.8 Å². The molecule has 39 heavy (non-hydrogen) atoms. The molecule has 1 aliphatic rings. The summed E-state index contributed by atoms with van der Waals surface area (Å²) in [4.78, 5) is 13.1. The zero-order valence-corrected chi connectivity index (χ0v) is 22.5. The van der Waals surface area contributed by atoms with Gasteiger partial charge in [0.2, 0.25) is 0 Å². The van der Waals surface area contributed by atoms with E-state index in [0.29, 0.717) is 27.6 Å². The Bertz CT molecular complexity index is 1720. The van der Waals surface area contributed by atoms with Gasteiger partial charge in [-0.05, 0) is 41.5 Å². The molecule has 0 bridgehead atoms. The summed E-state index contributed by atoms with van der Waals surface area (Å²) in [6.45, 7) is 0.0811. The van der Waals surface area contributed by atoms with E-state index in [2.05, 4.69) is 14.9 Å². The highest BCUT2D eigenvalue weighted by Crippen LogP contribution is 2.36. The number of nitrogens with one attached hydrogen (secondary N) is 1. The van der Waals surface area contributed by atoms with E-state index in [-0.39, 0.29) is 42.3 Å². The third kappa shape index (κ3) is 5.18. The summed E-state index contributed by atoms with van der Waals surface area (Å²) >= 11 is 6.24. The van der Waals surface area contributed by atoms with E-state index in [0.717, 1.165) is 0 Å². The van der Waals surface area contributed by atoms with Crippen LogP contribution in [0.4, 0.5) is 10.2 Å². The van der Waals surface area contributed by atoms with Gasteiger partial charge < -0.3 is 9.47 Å². The molecule has 5 rings (SSSR count). The Morgan fingerprint density at radius 3 is 2.54 bits per heavy atom. The summed E-state index contributed by atoms with van der Waals surface area (Å²) in [6.07, 6.45) is 1.64. The monoisotopic (exact) mass is 571 g/mol. The minimum absolute atomic E-state index is 0.00155. The van der Waals surface area contributed by atoms with Crippen LogP contribution in [0.2, 0.25) is 5.02 Å². The Morgan fingerprint density at radius 1 is 1.05 bits per heavy atom. The highest BCUT2D eigenvalue weighted by Gasteiger charge is 2.30. The first kappa shape index (κ1) is 26.6. The topological polar surface area (TPSA) is 116 Å². The lowest BCUT2D eigenvalue weighted by Gasteiger charge is -2.30. The Kier molecular flexibility index (Phi) is 7.25. The van der Waals surface area contributed by atoms with E-state index in [1.165, 1.54) is 53.6 Å². The van der Waals surface area contributed by atoms with Crippen molar-refractivity contribution in [2.45, 2.75) is 13.0 Å². The highest BCUT2D eigenvalue weighted by molar-refractivity contribution is 7.90. The summed E-state index contributed by atoms with van der Waals surface area (Å²) in [5.41, 5.74) is 1.69. The molecule has 1 N–H and O–H groups in total. The number of ether oxygens (including phenoxy) is 2. The molecule has 202 valence electrons. The number of aromatic nitrogens is 3. The highest BCUT2D eigenvalue weighted by atomic mass is 35.5. The predicted octanol–water partition coefficient (Wildman–Crippen LogP) is 3.82. The van der Waals surface area contributed by atoms with Gasteiger partial charge in [-0.3, -0.25) is 14.1 Å². The van der Waals surface area contributed by atoms with Crippen LogP contribution in [-0.2, 0) is 23.2 Å². The van der Waals surface area contributed by atoms with Crippen LogP contribution in [0.1, 0.15) is 11.3 Å². The molecule has 0 unspecified atom stereocenters. The van der Waals surface area contributed by atoms with Crippen LogP contribution >= 0.6 is 11.6 Å². The van der Waals surface area contributed by atoms with Gasteiger partial charge in [-0.25, -0.2) is 4.39 Å². The van der Waals surface area contributed by atoms with Crippen LogP contribution in [0.5, 0.6) is 11.5 Å². The molecule has 10 nitrogen and oxygen atoms in total. The van der Waals surface area contributed by atoms with Crippen LogP contribution in [0, 0.1) is 5.82 Å². The average molecular weight is 572 g/mol. The number of anilines is 1. The zero-order chi connectivity index (χ0) is 27.7. The molecule has 0 aliphatic carbocycles. The number of pyridine rings is 1. The minimum atomic E-state index is -3.94. The summed E-state index contributed by atoms with van der Waals surface area (Å²) in [5, 5.41) is 7.76. The fraction of sp³-hybridized carbons (Fsp3) is 0.192. The van der Waals surface area contributed by atoms with Gasteiger partial charge in [0.25, 0.3) is 5.56 Å². The lowest BCUT2D eigenvalue weighted by atomic mass is 10.0. The van der Waals surface area contributed by atoms with E-state index in [1.807, 2.05) is 0 Å². The fourth-order valence-corrected chi connectivity index (χ4v) is 5.89. The van der Waals surface area contributed by atoms with Crippen molar-refractivity contribution in [3.8, 4) is 28.3 Å². The zero-order valence-electron chi connectivity index (χ0n) is 20.9. The second-order valence-corrected chi connectivity index (χ2v) is 10.7. The summed E-state index contributed by atoms with van der Waals surface area (Å²) in [6, 6.07) is 13.6. The lowest BCUT2D eigenvalue weighted by molar-refractivity contribution is 0.385. The van der Waals surface area contributed by atoms with Crippen molar-refractivity contribution in [1.82, 2.24) is 19.1 Å². The second-order valence-electron chi connectivity index (χ2n) is 8.63. The quantitative estimate of drug-likeness (QED) is 0.358. The molecule has 2 aromatic heterocycles. The van der Waals surface area contributed by atoms with Crippen molar-refractivity contribution in [2.24, 2.45) is 0 Å². The first-order valence-electron chi connectivity index (χ1n) is 11.7. The second kappa shape index (κ2) is 10.6. The number of methoxy groups -OCH3 is 2. The van der Waals surface area contributed by atoms with Gasteiger partial charge >= 0.3 is 10.2 Å². The number of nitrogens with zero attached hydrogens (tertiary/aromatic N) is 4. The molecule has 0 saturated carbocycles. The van der Waals surface area contributed by atoms with Gasteiger partial charge in [0.15, 0.2) is 5.82 Å². The van der Waals surface area contributed by atoms with E-state index < -0.39 is 21.6 Å². The molecule has 1 aliphatic heterocycles. The Morgan fingerprint density at radius 2 is 1.85 bits per heavy atom. The molecule has 0 atom stereocenters. The molecule has 3 heterocycles. The summed E-state index contributed by atoms with van der Waals surface area (Å²) in [5.74, 6) is 0.208. The molecule has 0 radical (unpaired) electrons. The molecule has 0 amide bonds. The first-order valence-corrected chi connectivity index (χ1v) is 13.5. The van der Waals surface area contributed by atoms with Gasteiger partial charge in [0.1, 0.15) is 17.3 Å². The normalized spacial score (nSPS) is 13.5. The largest absolute Gasteiger partial charge is 0.495 e. The van der Waals surface area contributed by atoms with Crippen LogP contribution in [0.25, 0.3) is 16.8 Å². The number of halogens is 2. The molecule has 0 saturated heterocycles. The van der Waals surface area contributed by atoms with Gasteiger partial charge in [0.05, 0.1) is 24.9 Å². The number of benzene rings is 2. The standard InChI is InChI=1S/C26H23ClFN5O5S/c1-37-23-7-5-16(12-19(23)27)18-13-24(38-2)22(14-20(18)28)33-21-9-11-32(15-17(21)6-8-26(33)34)39(35,36)31-25-4-3-10-29-30-25/h3-8,10,12-14H,9,11,15H2,1-2H3,(H,30,31). The SMILES string of the molecule is COc1ccc(-c2cc(OC)c(-n3c4c(ccc3=O)CN(S(=O)(=O)Nc3cccnn3)CC4)cc2F)cc1Cl. The summed E-state index contributed by atoms with van der Waals surface area (Å²) < 4.78 is 57.2. The average Bonchev–Trinajstić information content (AvgIpc) is 2.93. The lowest BCUT2D eigenvalue weighted by Crippen LogP contribution is -2.41. The number of hydrogen-bond donors (Lipinski definition) is 1. The van der Waals surface area contributed by atoms with Gasteiger partial charge in [0, 0.05) is 49.1 Å². The predicted molar refractivity (Wildman–Crippen MR) is 144 cm³/mol. The van der Waals surface area contributed by atoms with Crippen LogP contribution in [0.15, 0.2) is 65.6 Å².